The summed E-state index contributed by atoms with van der Waals surface area (Å²) in [6, 6.07) is 15.0. The van der Waals surface area contributed by atoms with Crippen LogP contribution < -0.4 is 5.32 Å². The number of ether oxygens (including phenoxy) is 1. The first-order valence-corrected chi connectivity index (χ1v) is 8.37. The first-order valence-electron chi connectivity index (χ1n) is 8.37. The van der Waals surface area contributed by atoms with Crippen molar-refractivity contribution >= 4 is 17.6 Å². The number of anilines is 1. The van der Waals surface area contributed by atoms with E-state index in [4.69, 9.17) is 9.26 Å². The van der Waals surface area contributed by atoms with E-state index in [2.05, 4.69) is 10.5 Å². The number of halogens is 1. The summed E-state index contributed by atoms with van der Waals surface area (Å²) in [6.07, 6.45) is -0.0501. The zero-order valence-electron chi connectivity index (χ0n) is 14.1. The molecule has 1 amide bonds. The Kier molecular flexibility index (Phi) is 4.42. The van der Waals surface area contributed by atoms with E-state index in [1.54, 1.807) is 6.07 Å². The fourth-order valence-electron chi connectivity index (χ4n) is 3.01. The van der Waals surface area contributed by atoms with E-state index in [1.807, 2.05) is 30.3 Å². The van der Waals surface area contributed by atoms with Gasteiger partial charge in [0.2, 0.25) is 5.91 Å². The number of benzene rings is 2. The Morgan fingerprint density at radius 1 is 1.22 bits per heavy atom. The van der Waals surface area contributed by atoms with Crippen molar-refractivity contribution in [3.8, 4) is 11.3 Å². The van der Waals surface area contributed by atoms with Crippen LogP contribution in [0, 0.1) is 5.82 Å². The minimum absolute atomic E-state index is 0.0501. The molecular formula is C20H15FN2O4. The number of carbonyl (C=O) groups is 2. The monoisotopic (exact) mass is 366 g/mol. The molecule has 0 radical (unpaired) electrons. The lowest BCUT2D eigenvalue weighted by molar-refractivity contribution is -0.148. The maximum absolute atomic E-state index is 13.4. The van der Waals surface area contributed by atoms with Crippen LogP contribution in [0.3, 0.4) is 0 Å². The average molecular weight is 366 g/mol. The van der Waals surface area contributed by atoms with Crippen molar-refractivity contribution in [2.45, 2.75) is 18.9 Å². The SMILES string of the molecule is O=C1CC(C(=O)OCc2cc(-c3ccccc3)on2)c2ccc(F)cc2N1. The largest absolute Gasteiger partial charge is 0.459 e. The molecule has 6 nitrogen and oxygen atoms in total. The van der Waals surface area contributed by atoms with Crippen molar-refractivity contribution in [1.29, 1.82) is 0 Å². The Labute approximate surface area is 153 Å². The molecule has 0 fully saturated rings. The summed E-state index contributed by atoms with van der Waals surface area (Å²) in [7, 11) is 0. The summed E-state index contributed by atoms with van der Waals surface area (Å²) in [5.74, 6) is -1.63. The van der Waals surface area contributed by atoms with Gasteiger partial charge in [0.25, 0.3) is 0 Å². The van der Waals surface area contributed by atoms with Crippen molar-refractivity contribution in [2.75, 3.05) is 5.32 Å². The molecule has 4 rings (SSSR count). The van der Waals surface area contributed by atoms with Gasteiger partial charge in [-0.05, 0) is 17.7 Å². The Morgan fingerprint density at radius 2 is 2.04 bits per heavy atom. The second-order valence-corrected chi connectivity index (χ2v) is 6.19. The number of esters is 1. The van der Waals surface area contributed by atoms with Crippen molar-refractivity contribution in [2.24, 2.45) is 0 Å². The Balaban J connectivity index is 1.46. The molecular weight excluding hydrogens is 351 g/mol. The van der Waals surface area contributed by atoms with E-state index >= 15 is 0 Å². The third-order valence-corrected chi connectivity index (χ3v) is 4.32. The quantitative estimate of drug-likeness (QED) is 0.713. The molecule has 2 heterocycles. The molecule has 0 saturated carbocycles. The molecule has 1 aliphatic rings. The molecule has 0 spiro atoms. The fraction of sp³-hybridized carbons (Fsp3) is 0.150. The van der Waals surface area contributed by atoms with Gasteiger partial charge in [0.15, 0.2) is 5.76 Å². The standard InChI is InChI=1S/C20H15FN2O4/c21-13-6-7-15-16(10-19(24)22-17(15)8-13)20(25)26-11-14-9-18(27-23-14)12-4-2-1-3-5-12/h1-9,16H,10-11H2,(H,22,24). The van der Waals surface area contributed by atoms with Crippen LogP contribution in [0.4, 0.5) is 10.1 Å². The highest BCUT2D eigenvalue weighted by molar-refractivity contribution is 5.99. The van der Waals surface area contributed by atoms with Crippen LogP contribution >= 0.6 is 0 Å². The number of carbonyl (C=O) groups excluding carboxylic acids is 2. The number of nitrogens with one attached hydrogen (secondary N) is 1. The maximum Gasteiger partial charge on any atom is 0.314 e. The molecule has 1 atom stereocenters. The van der Waals surface area contributed by atoms with Gasteiger partial charge in [-0.25, -0.2) is 4.39 Å². The van der Waals surface area contributed by atoms with Crippen molar-refractivity contribution < 1.29 is 23.2 Å². The van der Waals surface area contributed by atoms with Crippen molar-refractivity contribution in [1.82, 2.24) is 5.16 Å². The van der Waals surface area contributed by atoms with Crippen molar-refractivity contribution in [3.63, 3.8) is 0 Å². The summed E-state index contributed by atoms with van der Waals surface area (Å²) < 4.78 is 24.0. The Bertz CT molecular complexity index is 1000. The summed E-state index contributed by atoms with van der Waals surface area (Å²) in [6.45, 7) is -0.0795. The highest BCUT2D eigenvalue weighted by Gasteiger charge is 2.32. The second-order valence-electron chi connectivity index (χ2n) is 6.19. The highest BCUT2D eigenvalue weighted by atomic mass is 19.1. The van der Waals surface area contributed by atoms with Crippen LogP contribution in [0.5, 0.6) is 0 Å². The normalized spacial score (nSPS) is 15.7. The molecule has 3 aromatic rings. The molecule has 27 heavy (non-hydrogen) atoms. The summed E-state index contributed by atoms with van der Waals surface area (Å²) in [4.78, 5) is 24.3. The number of rotatable bonds is 4. The predicted octanol–water partition coefficient (Wildman–Crippen LogP) is 3.65. The van der Waals surface area contributed by atoms with E-state index in [9.17, 15) is 14.0 Å². The molecule has 7 heteroatoms. The third kappa shape index (κ3) is 3.57. The summed E-state index contributed by atoms with van der Waals surface area (Å²) in [5.41, 5.74) is 2.15. The molecule has 1 aromatic heterocycles. The number of amides is 1. The number of aromatic nitrogens is 1. The predicted molar refractivity (Wildman–Crippen MR) is 94.1 cm³/mol. The first-order chi connectivity index (χ1) is 13.1. The summed E-state index contributed by atoms with van der Waals surface area (Å²) >= 11 is 0. The number of nitrogens with zero attached hydrogens (tertiary/aromatic N) is 1. The van der Waals surface area contributed by atoms with Gasteiger partial charge in [-0.15, -0.1) is 0 Å². The molecule has 1 unspecified atom stereocenters. The van der Waals surface area contributed by atoms with Crippen molar-refractivity contribution in [3.05, 3.63) is 71.7 Å². The van der Waals surface area contributed by atoms with Crippen LogP contribution in [0.15, 0.2) is 59.1 Å². The van der Waals surface area contributed by atoms with Crippen LogP contribution in [0.2, 0.25) is 0 Å². The summed E-state index contributed by atoms with van der Waals surface area (Å²) in [5, 5.41) is 6.47. The Hall–Kier alpha value is -3.48. The molecule has 1 aliphatic heterocycles. The van der Waals surface area contributed by atoms with E-state index in [-0.39, 0.29) is 18.9 Å². The zero-order chi connectivity index (χ0) is 18.8. The molecule has 136 valence electrons. The van der Waals surface area contributed by atoms with Gasteiger partial charge < -0.3 is 14.6 Å². The number of fused-ring (bicyclic) bond motifs is 1. The maximum atomic E-state index is 13.4. The molecule has 2 aromatic carbocycles. The van der Waals surface area contributed by atoms with Gasteiger partial charge in [0, 0.05) is 23.7 Å². The van der Waals surface area contributed by atoms with Gasteiger partial charge in [-0.1, -0.05) is 41.6 Å². The van der Waals surface area contributed by atoms with E-state index in [0.29, 0.717) is 22.7 Å². The van der Waals surface area contributed by atoms with Gasteiger partial charge in [0.05, 0.1) is 5.92 Å². The molecule has 0 bridgehead atoms. The van der Waals surface area contributed by atoms with Crippen LogP contribution in [0.25, 0.3) is 11.3 Å². The minimum Gasteiger partial charge on any atom is -0.459 e. The lowest BCUT2D eigenvalue weighted by atomic mass is 9.90. The molecule has 0 aliphatic carbocycles. The zero-order valence-corrected chi connectivity index (χ0v) is 14.1. The van der Waals surface area contributed by atoms with Gasteiger partial charge in [-0.3, -0.25) is 9.59 Å². The lowest BCUT2D eigenvalue weighted by Gasteiger charge is -2.24. The smallest absolute Gasteiger partial charge is 0.314 e. The third-order valence-electron chi connectivity index (χ3n) is 4.32. The first kappa shape index (κ1) is 17.0. The number of hydrogen-bond acceptors (Lipinski definition) is 5. The van der Waals surface area contributed by atoms with Crippen LogP contribution in [-0.4, -0.2) is 17.0 Å². The van der Waals surface area contributed by atoms with Crippen LogP contribution in [-0.2, 0) is 20.9 Å². The van der Waals surface area contributed by atoms with E-state index < -0.39 is 17.7 Å². The Morgan fingerprint density at radius 3 is 2.85 bits per heavy atom. The molecule has 1 N–H and O–H groups in total. The van der Waals surface area contributed by atoms with Gasteiger partial charge in [0.1, 0.15) is 18.1 Å². The molecule has 0 saturated heterocycles. The fourth-order valence-corrected chi connectivity index (χ4v) is 3.01. The highest BCUT2D eigenvalue weighted by Crippen LogP contribution is 2.33. The average Bonchev–Trinajstić information content (AvgIpc) is 3.15. The minimum atomic E-state index is -0.783. The van der Waals surface area contributed by atoms with Crippen LogP contribution in [0.1, 0.15) is 23.6 Å². The number of hydrogen-bond donors (Lipinski definition) is 1. The van der Waals surface area contributed by atoms with Gasteiger partial charge >= 0.3 is 5.97 Å². The van der Waals surface area contributed by atoms with E-state index in [1.165, 1.54) is 18.2 Å². The topological polar surface area (TPSA) is 81.4 Å². The van der Waals surface area contributed by atoms with E-state index in [0.717, 1.165) is 5.56 Å². The lowest BCUT2D eigenvalue weighted by Crippen LogP contribution is -2.28. The second kappa shape index (κ2) is 7.03. The van der Waals surface area contributed by atoms with Gasteiger partial charge in [-0.2, -0.15) is 0 Å².